The third kappa shape index (κ3) is 2.22. The summed E-state index contributed by atoms with van der Waals surface area (Å²) in [7, 11) is 1.51. The average Bonchev–Trinajstić information content (AvgIpc) is 3.23. The lowest BCUT2D eigenvalue weighted by molar-refractivity contribution is 0.0820. The molecule has 0 aliphatic heterocycles. The zero-order chi connectivity index (χ0) is 17.8. The lowest BCUT2D eigenvalue weighted by atomic mass is 9.84. The van der Waals surface area contributed by atoms with E-state index in [4.69, 9.17) is 0 Å². The van der Waals surface area contributed by atoms with Gasteiger partial charge in [0.25, 0.3) is 12.3 Å². The number of fused-ring (bicyclic) bond motifs is 5. The molecule has 0 radical (unpaired) electrons. The fourth-order valence-corrected chi connectivity index (χ4v) is 4.66. The van der Waals surface area contributed by atoms with Crippen LogP contribution in [0, 0.1) is 5.92 Å². The fraction of sp³-hybridized carbons (Fsp3) is 0.444. The zero-order valence-electron chi connectivity index (χ0n) is 13.7. The van der Waals surface area contributed by atoms with E-state index in [2.05, 4.69) is 10.4 Å². The second kappa shape index (κ2) is 5.62. The first-order chi connectivity index (χ1) is 12.0. The number of hydrogen-bond acceptors (Lipinski definition) is 3. The number of aromatic nitrogens is 2. The molecule has 1 aromatic carbocycles. The third-order valence-electron chi connectivity index (χ3n) is 5.65. The number of amides is 1. The number of alkyl halides is 2. The molecule has 1 aromatic heterocycles. The van der Waals surface area contributed by atoms with Gasteiger partial charge in [-0.2, -0.15) is 5.10 Å². The first-order valence-corrected chi connectivity index (χ1v) is 8.32. The van der Waals surface area contributed by atoms with Crippen molar-refractivity contribution in [3.05, 3.63) is 52.8 Å². The van der Waals surface area contributed by atoms with Crippen LogP contribution in [0.15, 0.2) is 30.5 Å². The van der Waals surface area contributed by atoms with Gasteiger partial charge in [0.1, 0.15) is 5.69 Å². The molecule has 3 unspecified atom stereocenters. The van der Waals surface area contributed by atoms with Crippen LogP contribution in [-0.2, 0) is 12.6 Å². The van der Waals surface area contributed by atoms with E-state index in [0.29, 0.717) is 6.42 Å². The van der Waals surface area contributed by atoms with Gasteiger partial charge in [-0.1, -0.05) is 24.3 Å². The molecule has 2 aromatic rings. The van der Waals surface area contributed by atoms with Crippen LogP contribution in [0.1, 0.15) is 52.4 Å². The highest BCUT2D eigenvalue weighted by Gasteiger charge is 2.57. The van der Waals surface area contributed by atoms with Gasteiger partial charge in [0, 0.05) is 25.8 Å². The number of nitrogens with zero attached hydrogens (tertiary/aromatic N) is 2. The maximum absolute atomic E-state index is 13.2. The summed E-state index contributed by atoms with van der Waals surface area (Å²) in [6.07, 6.45) is 0.0438. The third-order valence-corrected chi connectivity index (χ3v) is 5.65. The summed E-state index contributed by atoms with van der Waals surface area (Å²) in [5, 5.41) is 16.6. The van der Waals surface area contributed by atoms with Crippen LogP contribution in [0.5, 0.6) is 0 Å². The van der Waals surface area contributed by atoms with Gasteiger partial charge in [0.05, 0.1) is 11.1 Å². The van der Waals surface area contributed by atoms with Crippen LogP contribution in [0.4, 0.5) is 8.78 Å². The minimum Gasteiger partial charge on any atom is -0.396 e. The molecule has 2 bridgehead atoms. The predicted octanol–water partition coefficient (Wildman–Crippen LogP) is 2.48. The molecule has 3 atom stereocenters. The van der Waals surface area contributed by atoms with Crippen molar-refractivity contribution in [3.8, 4) is 0 Å². The van der Waals surface area contributed by atoms with Crippen LogP contribution in [0.25, 0.3) is 0 Å². The van der Waals surface area contributed by atoms with E-state index in [9.17, 15) is 18.7 Å². The van der Waals surface area contributed by atoms with Crippen molar-refractivity contribution < 1.29 is 18.7 Å². The largest absolute Gasteiger partial charge is 0.396 e. The van der Waals surface area contributed by atoms with Crippen molar-refractivity contribution in [3.63, 3.8) is 0 Å². The molecule has 0 spiro atoms. The molecule has 0 saturated heterocycles. The summed E-state index contributed by atoms with van der Waals surface area (Å²) in [6, 6.07) is 7.81. The molecule has 2 N–H and O–H groups in total. The van der Waals surface area contributed by atoms with Gasteiger partial charge in [-0.25, -0.2) is 8.78 Å². The van der Waals surface area contributed by atoms with Crippen molar-refractivity contribution in [2.75, 3.05) is 6.61 Å². The number of halogens is 2. The minimum absolute atomic E-state index is 0.0611. The molecule has 1 saturated carbocycles. The van der Waals surface area contributed by atoms with Crippen molar-refractivity contribution in [2.45, 2.75) is 30.7 Å². The topological polar surface area (TPSA) is 67.2 Å². The first-order valence-electron chi connectivity index (χ1n) is 8.32. The second-order valence-corrected chi connectivity index (χ2v) is 6.85. The Kier molecular flexibility index (Phi) is 3.64. The summed E-state index contributed by atoms with van der Waals surface area (Å²) < 4.78 is 27.6. The number of benzene rings is 1. The maximum Gasteiger partial charge on any atom is 0.282 e. The normalized spacial score (nSPS) is 26.9. The van der Waals surface area contributed by atoms with E-state index in [1.54, 1.807) is 0 Å². The first kappa shape index (κ1) is 16.2. The van der Waals surface area contributed by atoms with Gasteiger partial charge in [-0.3, -0.25) is 9.48 Å². The highest BCUT2D eigenvalue weighted by Crippen LogP contribution is 2.59. The number of carbonyl (C=O) groups excluding carboxylic acids is 1. The second-order valence-electron chi connectivity index (χ2n) is 6.85. The Hall–Kier alpha value is -2.28. The number of aryl methyl sites for hydroxylation is 1. The highest BCUT2D eigenvalue weighted by atomic mass is 19.3. The van der Waals surface area contributed by atoms with E-state index >= 15 is 0 Å². The zero-order valence-corrected chi connectivity index (χ0v) is 13.7. The minimum atomic E-state index is -2.82. The average molecular weight is 347 g/mol. The van der Waals surface area contributed by atoms with Crippen molar-refractivity contribution >= 4 is 5.91 Å². The summed E-state index contributed by atoms with van der Waals surface area (Å²) >= 11 is 0. The van der Waals surface area contributed by atoms with Gasteiger partial charge in [0.15, 0.2) is 0 Å². The number of carbonyl (C=O) groups is 1. The Morgan fingerprint density at radius 2 is 2.24 bits per heavy atom. The van der Waals surface area contributed by atoms with E-state index in [0.717, 1.165) is 17.5 Å². The molecule has 1 fully saturated rings. The molecule has 25 heavy (non-hydrogen) atoms. The Bertz CT molecular complexity index is 835. The van der Waals surface area contributed by atoms with E-state index < -0.39 is 23.6 Å². The molecular formula is C18H19F2N3O2. The maximum atomic E-state index is 13.2. The smallest absolute Gasteiger partial charge is 0.282 e. The fourth-order valence-electron chi connectivity index (χ4n) is 4.66. The van der Waals surface area contributed by atoms with E-state index in [1.165, 1.54) is 17.9 Å². The van der Waals surface area contributed by atoms with Crippen molar-refractivity contribution in [2.24, 2.45) is 13.0 Å². The quantitative estimate of drug-likeness (QED) is 0.893. The molecule has 1 amide bonds. The van der Waals surface area contributed by atoms with Crippen LogP contribution < -0.4 is 5.32 Å². The number of nitrogens with one attached hydrogen (secondary N) is 1. The molecular weight excluding hydrogens is 328 g/mol. The monoisotopic (exact) mass is 347 g/mol. The van der Waals surface area contributed by atoms with Crippen molar-refractivity contribution in [1.29, 1.82) is 0 Å². The molecule has 132 valence electrons. The van der Waals surface area contributed by atoms with Crippen LogP contribution >= 0.6 is 0 Å². The Morgan fingerprint density at radius 1 is 1.48 bits per heavy atom. The summed E-state index contributed by atoms with van der Waals surface area (Å²) in [5.74, 6) is -0.523. The summed E-state index contributed by atoms with van der Waals surface area (Å²) in [6.45, 7) is -0.0611. The summed E-state index contributed by atoms with van der Waals surface area (Å²) in [5.41, 5.74) is 0.783. The lowest BCUT2D eigenvalue weighted by Gasteiger charge is -2.33. The predicted molar refractivity (Wildman–Crippen MR) is 86.3 cm³/mol. The van der Waals surface area contributed by atoms with Gasteiger partial charge in [-0.05, 0) is 29.9 Å². The SMILES string of the molecule is Cn1cc(C(=O)NC23CCC(c4ccccc42)C3CO)c(C(F)F)n1. The summed E-state index contributed by atoms with van der Waals surface area (Å²) in [4.78, 5) is 12.8. The Balaban J connectivity index is 1.73. The number of aliphatic hydroxyl groups excluding tert-OH is 1. The van der Waals surface area contributed by atoms with E-state index in [1.807, 2.05) is 24.3 Å². The van der Waals surface area contributed by atoms with Crippen LogP contribution in [0.2, 0.25) is 0 Å². The number of rotatable bonds is 4. The van der Waals surface area contributed by atoms with Crippen LogP contribution in [-0.4, -0.2) is 27.4 Å². The molecule has 4 rings (SSSR count). The van der Waals surface area contributed by atoms with Crippen molar-refractivity contribution in [1.82, 2.24) is 15.1 Å². The number of aliphatic hydroxyl groups is 1. The standard InChI is InChI=1S/C18H19F2N3O2/c1-23-8-12(15(22-23)16(19)20)17(25)21-18-7-6-11(14(18)9-24)10-4-2-3-5-13(10)18/h2-5,8,11,14,16,24H,6-7,9H2,1H3,(H,21,25). The van der Waals surface area contributed by atoms with Gasteiger partial charge in [-0.15, -0.1) is 0 Å². The molecule has 5 nitrogen and oxygen atoms in total. The number of hydrogen-bond donors (Lipinski definition) is 2. The lowest BCUT2D eigenvalue weighted by Crippen LogP contribution is -2.48. The van der Waals surface area contributed by atoms with Gasteiger partial charge in [0.2, 0.25) is 0 Å². The highest BCUT2D eigenvalue weighted by molar-refractivity contribution is 5.96. The molecule has 1 heterocycles. The Morgan fingerprint density at radius 3 is 2.96 bits per heavy atom. The molecule has 7 heteroatoms. The van der Waals surface area contributed by atoms with E-state index in [-0.39, 0.29) is 24.0 Å². The molecule has 2 aliphatic carbocycles. The van der Waals surface area contributed by atoms with Gasteiger partial charge >= 0.3 is 0 Å². The molecule has 2 aliphatic rings. The Labute approximate surface area is 143 Å². The van der Waals surface area contributed by atoms with Gasteiger partial charge < -0.3 is 10.4 Å². The van der Waals surface area contributed by atoms with Crippen LogP contribution in [0.3, 0.4) is 0 Å².